The van der Waals surface area contributed by atoms with Crippen LogP contribution in [0.25, 0.3) is 0 Å². The molecule has 0 aliphatic heterocycles. The summed E-state index contributed by atoms with van der Waals surface area (Å²) < 4.78 is 0. The van der Waals surface area contributed by atoms with E-state index in [-0.39, 0.29) is 5.54 Å². The van der Waals surface area contributed by atoms with E-state index in [4.69, 9.17) is 5.11 Å². The van der Waals surface area contributed by atoms with Crippen molar-refractivity contribution in [2.45, 2.75) is 57.5 Å². The molecule has 2 N–H and O–H groups in total. The third-order valence-corrected chi connectivity index (χ3v) is 3.87. The van der Waals surface area contributed by atoms with Gasteiger partial charge in [-0.25, -0.2) is 0 Å². The summed E-state index contributed by atoms with van der Waals surface area (Å²) >= 11 is 0. The van der Waals surface area contributed by atoms with Crippen molar-refractivity contribution in [3.05, 3.63) is 0 Å². The second-order valence-corrected chi connectivity index (χ2v) is 5.52. The highest BCUT2D eigenvalue weighted by Crippen LogP contribution is 2.56. The Balaban J connectivity index is 2.10. The molecular weight excluding hydrogens is 190 g/mol. The predicted octanol–water partition coefficient (Wildman–Crippen LogP) is 2.02. The van der Waals surface area contributed by atoms with E-state index >= 15 is 0 Å². The highest BCUT2D eigenvalue weighted by atomic mass is 16.4. The number of aliphatic carboxylic acids is 1. The zero-order chi connectivity index (χ0) is 11.1. The van der Waals surface area contributed by atoms with Crippen LogP contribution >= 0.6 is 0 Å². The van der Waals surface area contributed by atoms with Gasteiger partial charge in [-0.1, -0.05) is 26.7 Å². The molecule has 86 valence electrons. The molecule has 0 aromatic carbocycles. The zero-order valence-electron chi connectivity index (χ0n) is 9.62. The quantitative estimate of drug-likeness (QED) is 0.748. The first-order valence-corrected chi connectivity index (χ1v) is 6.03. The third-order valence-electron chi connectivity index (χ3n) is 3.87. The van der Waals surface area contributed by atoms with Crippen LogP contribution in [0, 0.1) is 11.8 Å². The van der Waals surface area contributed by atoms with Gasteiger partial charge in [0, 0.05) is 11.6 Å². The maximum Gasteiger partial charge on any atom is 0.305 e. The van der Waals surface area contributed by atoms with Crippen molar-refractivity contribution >= 4 is 5.97 Å². The smallest absolute Gasteiger partial charge is 0.305 e. The molecule has 3 heteroatoms. The van der Waals surface area contributed by atoms with Crippen molar-refractivity contribution in [1.29, 1.82) is 0 Å². The summed E-state index contributed by atoms with van der Waals surface area (Å²) in [5, 5.41) is 12.6. The monoisotopic (exact) mass is 211 g/mol. The lowest BCUT2D eigenvalue weighted by Crippen LogP contribution is -2.53. The third kappa shape index (κ3) is 2.17. The first-order valence-electron chi connectivity index (χ1n) is 6.03. The van der Waals surface area contributed by atoms with Gasteiger partial charge >= 0.3 is 5.97 Å². The second kappa shape index (κ2) is 3.78. The Labute approximate surface area is 91.2 Å². The summed E-state index contributed by atoms with van der Waals surface area (Å²) in [7, 11) is 0. The van der Waals surface area contributed by atoms with E-state index in [1.54, 1.807) is 0 Å². The molecule has 3 nitrogen and oxygen atoms in total. The minimum Gasteiger partial charge on any atom is -0.481 e. The van der Waals surface area contributed by atoms with E-state index in [1.165, 1.54) is 19.3 Å². The summed E-state index contributed by atoms with van der Waals surface area (Å²) in [6, 6.07) is 0.378. The Morgan fingerprint density at radius 2 is 2.33 bits per heavy atom. The van der Waals surface area contributed by atoms with Crippen LogP contribution in [0.3, 0.4) is 0 Å². The fourth-order valence-electron chi connectivity index (χ4n) is 3.40. The molecule has 0 saturated heterocycles. The summed E-state index contributed by atoms with van der Waals surface area (Å²) in [5.74, 6) is 0.782. The van der Waals surface area contributed by atoms with Crippen LogP contribution in [0.1, 0.15) is 46.0 Å². The lowest BCUT2D eigenvalue weighted by Gasteiger charge is -2.39. The van der Waals surface area contributed by atoms with Crippen LogP contribution in [0.2, 0.25) is 0 Å². The molecule has 2 aliphatic carbocycles. The van der Waals surface area contributed by atoms with Crippen molar-refractivity contribution in [3.8, 4) is 0 Å². The number of carbonyl (C=O) groups is 1. The minimum atomic E-state index is -0.657. The molecule has 0 heterocycles. The molecule has 0 aromatic rings. The van der Waals surface area contributed by atoms with Crippen LogP contribution in [0.4, 0.5) is 0 Å². The first-order chi connectivity index (χ1) is 7.03. The number of carboxylic acid groups (broad SMARTS) is 1. The molecule has 3 atom stereocenters. The Hall–Kier alpha value is -0.570. The van der Waals surface area contributed by atoms with E-state index in [9.17, 15) is 4.79 Å². The molecule has 0 aromatic heterocycles. The van der Waals surface area contributed by atoms with Gasteiger partial charge in [0.25, 0.3) is 0 Å². The zero-order valence-corrected chi connectivity index (χ0v) is 9.62. The van der Waals surface area contributed by atoms with Gasteiger partial charge in [-0.2, -0.15) is 0 Å². The Morgan fingerprint density at radius 1 is 1.60 bits per heavy atom. The largest absolute Gasteiger partial charge is 0.481 e. The average Bonchev–Trinajstić information content (AvgIpc) is 2.81. The van der Waals surface area contributed by atoms with Crippen LogP contribution in [0.15, 0.2) is 0 Å². The van der Waals surface area contributed by atoms with E-state index in [0.29, 0.717) is 18.4 Å². The second-order valence-electron chi connectivity index (χ2n) is 5.52. The van der Waals surface area contributed by atoms with Gasteiger partial charge in [-0.05, 0) is 24.7 Å². The normalized spacial score (nSPS) is 38.9. The van der Waals surface area contributed by atoms with Crippen LogP contribution in [-0.4, -0.2) is 22.7 Å². The van der Waals surface area contributed by atoms with Gasteiger partial charge in [0.1, 0.15) is 0 Å². The van der Waals surface area contributed by atoms with Crippen LogP contribution in [-0.2, 0) is 4.79 Å². The fraction of sp³-hybridized carbons (Fsp3) is 0.917. The fourth-order valence-corrected chi connectivity index (χ4v) is 3.40. The number of carboxylic acids is 1. The Kier molecular flexibility index (Phi) is 2.75. The molecule has 2 saturated carbocycles. The molecule has 0 amide bonds. The summed E-state index contributed by atoms with van der Waals surface area (Å²) in [6.45, 7) is 4.21. The lowest BCUT2D eigenvalue weighted by molar-refractivity contribution is -0.139. The molecular formula is C12H21NO2. The molecule has 2 fully saturated rings. The SMILES string of the molecule is CC(C)NC1(CC(=O)O)CCCC2CC21. The molecule has 0 spiro atoms. The van der Waals surface area contributed by atoms with E-state index in [1.807, 2.05) is 0 Å². The van der Waals surface area contributed by atoms with E-state index in [0.717, 1.165) is 12.3 Å². The summed E-state index contributed by atoms with van der Waals surface area (Å²) in [5.41, 5.74) is -0.0943. The van der Waals surface area contributed by atoms with Gasteiger partial charge in [-0.15, -0.1) is 0 Å². The summed E-state index contributed by atoms with van der Waals surface area (Å²) in [4.78, 5) is 11.0. The number of nitrogens with one attached hydrogen (secondary N) is 1. The van der Waals surface area contributed by atoms with Crippen LogP contribution in [0.5, 0.6) is 0 Å². The van der Waals surface area contributed by atoms with Crippen molar-refractivity contribution in [2.75, 3.05) is 0 Å². The van der Waals surface area contributed by atoms with Gasteiger partial charge in [0.2, 0.25) is 0 Å². The number of hydrogen-bond acceptors (Lipinski definition) is 2. The standard InChI is InChI=1S/C12H21NO2/c1-8(2)13-12(7-11(14)15)5-3-4-9-6-10(9)12/h8-10,13H,3-7H2,1-2H3,(H,14,15). The number of hydrogen-bond donors (Lipinski definition) is 2. The molecule has 0 bridgehead atoms. The Bertz CT molecular complexity index is 264. The van der Waals surface area contributed by atoms with Crippen molar-refractivity contribution in [1.82, 2.24) is 5.32 Å². The molecule has 2 aliphatic rings. The van der Waals surface area contributed by atoms with Crippen LogP contribution < -0.4 is 5.32 Å². The number of fused-ring (bicyclic) bond motifs is 1. The van der Waals surface area contributed by atoms with E-state index in [2.05, 4.69) is 19.2 Å². The predicted molar refractivity (Wildman–Crippen MR) is 58.7 cm³/mol. The average molecular weight is 211 g/mol. The Morgan fingerprint density at radius 3 is 2.93 bits per heavy atom. The van der Waals surface area contributed by atoms with Gasteiger partial charge in [0.15, 0.2) is 0 Å². The first kappa shape index (κ1) is 10.9. The van der Waals surface area contributed by atoms with Crippen molar-refractivity contribution in [2.24, 2.45) is 11.8 Å². The maximum absolute atomic E-state index is 11.0. The minimum absolute atomic E-state index is 0.0943. The van der Waals surface area contributed by atoms with Gasteiger partial charge in [-0.3, -0.25) is 4.79 Å². The topological polar surface area (TPSA) is 49.3 Å². The van der Waals surface area contributed by atoms with Crippen molar-refractivity contribution < 1.29 is 9.90 Å². The molecule has 15 heavy (non-hydrogen) atoms. The maximum atomic E-state index is 11.0. The highest BCUT2D eigenvalue weighted by molar-refractivity contribution is 5.68. The summed E-state index contributed by atoms with van der Waals surface area (Å²) in [6.07, 6.45) is 5.08. The molecule has 0 radical (unpaired) electrons. The highest BCUT2D eigenvalue weighted by Gasteiger charge is 2.55. The molecule has 3 unspecified atom stereocenters. The lowest BCUT2D eigenvalue weighted by atomic mass is 9.78. The van der Waals surface area contributed by atoms with E-state index < -0.39 is 5.97 Å². The number of rotatable bonds is 4. The van der Waals surface area contributed by atoms with Crippen molar-refractivity contribution in [3.63, 3.8) is 0 Å². The molecule has 2 rings (SSSR count). The van der Waals surface area contributed by atoms with Gasteiger partial charge < -0.3 is 10.4 Å². The van der Waals surface area contributed by atoms with Gasteiger partial charge in [0.05, 0.1) is 6.42 Å².